The minimum atomic E-state index is -0.574. The van der Waals surface area contributed by atoms with Crippen molar-refractivity contribution in [2.75, 3.05) is 26.7 Å². The van der Waals surface area contributed by atoms with Crippen molar-refractivity contribution in [3.05, 3.63) is 59.4 Å². The molecule has 0 aromatic heterocycles. The van der Waals surface area contributed by atoms with Crippen LogP contribution in [0.2, 0.25) is 0 Å². The molecule has 0 radical (unpaired) electrons. The van der Waals surface area contributed by atoms with Gasteiger partial charge in [0.15, 0.2) is 0 Å². The summed E-state index contributed by atoms with van der Waals surface area (Å²) in [4.78, 5) is 26.4. The maximum Gasteiger partial charge on any atom is 0.309 e. The predicted octanol–water partition coefficient (Wildman–Crippen LogP) is 3.96. The van der Waals surface area contributed by atoms with Gasteiger partial charge in [0.2, 0.25) is 0 Å². The van der Waals surface area contributed by atoms with Crippen molar-refractivity contribution in [1.82, 2.24) is 4.90 Å². The van der Waals surface area contributed by atoms with Gasteiger partial charge in [0.25, 0.3) is 5.91 Å². The summed E-state index contributed by atoms with van der Waals surface area (Å²) >= 11 is 0. The van der Waals surface area contributed by atoms with Gasteiger partial charge in [0.05, 0.1) is 18.6 Å². The molecule has 2 aliphatic rings. The number of carbonyl (C=O) groups is 2. The summed E-state index contributed by atoms with van der Waals surface area (Å²) in [6, 6.07) is 11.7. The molecule has 4 rings (SSSR count). The average molecular weight is 463 g/mol. The standard InChI is InChI=1S/C24H27FN2O4.ClH/c1-30-23(29)20-15-24(20)9-12-27(13-10-24)22(28)19-14-18(6-7-21(19)25)31-17-4-2-16(3-5-17)8-11-26;/h2-7,14,20H,8-13,15,26H2,1H3;1H. The summed E-state index contributed by atoms with van der Waals surface area (Å²) in [5.41, 5.74) is 6.62. The number of hydrogen-bond acceptors (Lipinski definition) is 5. The highest BCUT2D eigenvalue weighted by atomic mass is 35.5. The SMILES string of the molecule is COC(=O)C1CC12CCN(C(=O)c1cc(Oc3ccc(CCN)cc3)ccc1F)CC2.Cl. The van der Waals surface area contributed by atoms with Crippen molar-refractivity contribution < 1.29 is 23.5 Å². The number of likely N-dealkylation sites (tertiary alicyclic amines) is 1. The topological polar surface area (TPSA) is 81.9 Å². The number of benzene rings is 2. The molecule has 0 bridgehead atoms. The Kier molecular flexibility index (Phi) is 7.41. The first kappa shape index (κ1) is 24.0. The molecule has 6 nitrogen and oxygen atoms in total. The van der Waals surface area contributed by atoms with E-state index in [9.17, 15) is 14.0 Å². The largest absolute Gasteiger partial charge is 0.469 e. The van der Waals surface area contributed by atoms with Gasteiger partial charge in [0.1, 0.15) is 17.3 Å². The second-order valence-electron chi connectivity index (χ2n) is 8.36. The molecule has 32 heavy (non-hydrogen) atoms. The molecule has 1 amide bonds. The van der Waals surface area contributed by atoms with Crippen molar-refractivity contribution >= 4 is 24.3 Å². The van der Waals surface area contributed by atoms with E-state index in [1.165, 1.54) is 25.3 Å². The van der Waals surface area contributed by atoms with Crippen LogP contribution in [-0.2, 0) is 16.0 Å². The number of hydrogen-bond donors (Lipinski definition) is 1. The fraction of sp³-hybridized carbons (Fsp3) is 0.417. The van der Waals surface area contributed by atoms with Crippen LogP contribution in [0.3, 0.4) is 0 Å². The van der Waals surface area contributed by atoms with Crippen molar-refractivity contribution in [2.24, 2.45) is 17.1 Å². The zero-order chi connectivity index (χ0) is 22.0. The molecule has 1 saturated heterocycles. The Morgan fingerprint density at radius 2 is 1.78 bits per heavy atom. The summed E-state index contributed by atoms with van der Waals surface area (Å²) in [5.74, 6) is -0.168. The quantitative estimate of drug-likeness (QED) is 0.657. The summed E-state index contributed by atoms with van der Waals surface area (Å²) < 4.78 is 25.1. The zero-order valence-corrected chi connectivity index (χ0v) is 18.8. The summed E-state index contributed by atoms with van der Waals surface area (Å²) in [6.07, 6.45) is 3.05. The van der Waals surface area contributed by atoms with Crippen LogP contribution in [0, 0.1) is 17.2 Å². The predicted molar refractivity (Wildman–Crippen MR) is 121 cm³/mol. The molecule has 1 saturated carbocycles. The zero-order valence-electron chi connectivity index (χ0n) is 18.0. The minimum absolute atomic E-state index is 0. The number of esters is 1. The number of ether oxygens (including phenoxy) is 2. The lowest BCUT2D eigenvalue weighted by atomic mass is 9.90. The lowest BCUT2D eigenvalue weighted by Gasteiger charge is -2.32. The number of halogens is 2. The fourth-order valence-electron chi connectivity index (χ4n) is 4.46. The molecule has 1 aliphatic carbocycles. The smallest absolute Gasteiger partial charge is 0.309 e. The molecular weight excluding hydrogens is 435 g/mol. The highest BCUT2D eigenvalue weighted by Gasteiger charge is 2.59. The van der Waals surface area contributed by atoms with Gasteiger partial charge in [-0.1, -0.05) is 12.1 Å². The lowest BCUT2D eigenvalue weighted by Crippen LogP contribution is -2.40. The Hall–Kier alpha value is -2.64. The van der Waals surface area contributed by atoms with E-state index in [4.69, 9.17) is 15.2 Å². The van der Waals surface area contributed by atoms with Crippen LogP contribution < -0.4 is 10.5 Å². The van der Waals surface area contributed by atoms with Crippen LogP contribution in [0.1, 0.15) is 35.2 Å². The third-order valence-electron chi connectivity index (χ3n) is 6.48. The number of piperidine rings is 1. The van der Waals surface area contributed by atoms with Gasteiger partial charge in [0, 0.05) is 13.1 Å². The maximum absolute atomic E-state index is 14.5. The van der Waals surface area contributed by atoms with Gasteiger partial charge < -0.3 is 20.1 Å². The van der Waals surface area contributed by atoms with Crippen molar-refractivity contribution in [3.63, 3.8) is 0 Å². The van der Waals surface area contributed by atoms with Gasteiger partial charge in [-0.25, -0.2) is 4.39 Å². The highest BCUT2D eigenvalue weighted by molar-refractivity contribution is 5.95. The van der Waals surface area contributed by atoms with Crippen LogP contribution in [0.15, 0.2) is 42.5 Å². The van der Waals surface area contributed by atoms with Crippen LogP contribution in [0.25, 0.3) is 0 Å². The summed E-state index contributed by atoms with van der Waals surface area (Å²) in [6.45, 7) is 1.57. The van der Waals surface area contributed by atoms with Crippen molar-refractivity contribution in [3.8, 4) is 11.5 Å². The minimum Gasteiger partial charge on any atom is -0.469 e. The maximum atomic E-state index is 14.5. The van der Waals surface area contributed by atoms with E-state index in [2.05, 4.69) is 0 Å². The monoisotopic (exact) mass is 462 g/mol. The first-order chi connectivity index (χ1) is 15.0. The van der Waals surface area contributed by atoms with Gasteiger partial charge in [-0.2, -0.15) is 0 Å². The second kappa shape index (κ2) is 9.88. The number of rotatable bonds is 6. The van der Waals surface area contributed by atoms with Crippen LogP contribution in [0.4, 0.5) is 4.39 Å². The summed E-state index contributed by atoms with van der Waals surface area (Å²) in [5, 5.41) is 0. The lowest BCUT2D eigenvalue weighted by molar-refractivity contribution is -0.143. The normalized spacial score (nSPS) is 18.6. The van der Waals surface area contributed by atoms with Crippen LogP contribution in [-0.4, -0.2) is 43.5 Å². The van der Waals surface area contributed by atoms with Gasteiger partial charge in [-0.05, 0) is 73.5 Å². The van der Waals surface area contributed by atoms with Crippen molar-refractivity contribution in [2.45, 2.75) is 25.7 Å². The Balaban J connectivity index is 0.00000289. The van der Waals surface area contributed by atoms with Crippen LogP contribution >= 0.6 is 12.4 Å². The fourth-order valence-corrected chi connectivity index (χ4v) is 4.46. The third kappa shape index (κ3) is 4.89. The van der Waals surface area contributed by atoms with E-state index in [0.717, 1.165) is 31.2 Å². The Morgan fingerprint density at radius 1 is 1.12 bits per heavy atom. The van der Waals surface area contributed by atoms with E-state index < -0.39 is 5.82 Å². The molecule has 1 aliphatic heterocycles. The molecule has 172 valence electrons. The van der Waals surface area contributed by atoms with E-state index in [-0.39, 0.29) is 41.2 Å². The number of nitrogens with zero attached hydrogens (tertiary/aromatic N) is 1. The molecule has 2 aromatic rings. The third-order valence-corrected chi connectivity index (χ3v) is 6.48. The van der Waals surface area contributed by atoms with Gasteiger partial charge in [-0.15, -0.1) is 12.4 Å². The molecule has 2 N–H and O–H groups in total. The highest BCUT2D eigenvalue weighted by Crippen LogP contribution is 2.59. The first-order valence-corrected chi connectivity index (χ1v) is 10.6. The molecule has 8 heteroatoms. The number of methoxy groups -OCH3 is 1. The molecule has 1 unspecified atom stereocenters. The van der Waals surface area contributed by atoms with Crippen LogP contribution in [0.5, 0.6) is 11.5 Å². The first-order valence-electron chi connectivity index (χ1n) is 10.6. The number of carbonyl (C=O) groups excluding carboxylic acids is 2. The Labute approximate surface area is 193 Å². The molecule has 1 spiro atoms. The van der Waals surface area contributed by atoms with E-state index in [1.54, 1.807) is 4.90 Å². The van der Waals surface area contributed by atoms with Gasteiger partial charge >= 0.3 is 5.97 Å². The Morgan fingerprint density at radius 3 is 2.41 bits per heavy atom. The number of amides is 1. The molecule has 2 aromatic carbocycles. The van der Waals surface area contributed by atoms with Gasteiger partial charge in [-0.3, -0.25) is 9.59 Å². The molecule has 1 heterocycles. The number of nitrogens with two attached hydrogens (primary N) is 1. The molecule has 1 atom stereocenters. The molecular formula is C24H28ClFN2O4. The van der Waals surface area contributed by atoms with E-state index >= 15 is 0 Å². The molecule has 2 fully saturated rings. The van der Waals surface area contributed by atoms with Crippen molar-refractivity contribution in [1.29, 1.82) is 0 Å². The second-order valence-corrected chi connectivity index (χ2v) is 8.36. The van der Waals surface area contributed by atoms with E-state index in [1.807, 2.05) is 24.3 Å². The Bertz CT molecular complexity index is 974. The van der Waals surface area contributed by atoms with E-state index in [0.29, 0.717) is 31.1 Å². The average Bonchev–Trinajstić information content (AvgIpc) is 3.49. The summed E-state index contributed by atoms with van der Waals surface area (Å²) in [7, 11) is 1.40.